The van der Waals surface area contributed by atoms with Gasteiger partial charge in [0.25, 0.3) is 0 Å². The molecule has 6 nitrogen and oxygen atoms in total. The first-order valence-electron chi connectivity index (χ1n) is 12.6. The number of fused-ring (bicyclic) bond motifs is 3. The molecule has 0 saturated carbocycles. The zero-order valence-corrected chi connectivity index (χ0v) is 20.2. The fourth-order valence-corrected chi connectivity index (χ4v) is 5.52. The van der Waals surface area contributed by atoms with Gasteiger partial charge in [0.05, 0.1) is 23.6 Å². The Morgan fingerprint density at radius 1 is 1.14 bits per heavy atom. The Labute approximate surface area is 209 Å². The number of para-hydroxylation sites is 1. The first kappa shape index (κ1) is 24.9. The van der Waals surface area contributed by atoms with Crippen LogP contribution in [0.2, 0.25) is 0 Å². The van der Waals surface area contributed by atoms with Crippen molar-refractivity contribution in [3.63, 3.8) is 0 Å². The Kier molecular flexibility index (Phi) is 7.39. The third-order valence-corrected chi connectivity index (χ3v) is 7.41. The Bertz CT molecular complexity index is 1040. The molecular weight excluding hydrogens is 471 g/mol. The number of carbonyl (C=O) groups excluding carboxylic acids is 1. The average molecular weight is 504 g/mol. The summed E-state index contributed by atoms with van der Waals surface area (Å²) >= 11 is 0. The number of benzene rings is 2. The highest BCUT2D eigenvalue weighted by molar-refractivity contribution is 5.82. The van der Waals surface area contributed by atoms with Gasteiger partial charge in [-0.3, -0.25) is 9.69 Å². The molecule has 0 aliphatic carbocycles. The number of ether oxygens (including phenoxy) is 2. The minimum absolute atomic E-state index is 0.00996. The normalized spacial score (nSPS) is 24.2. The minimum Gasteiger partial charge on any atom is -0.492 e. The summed E-state index contributed by atoms with van der Waals surface area (Å²) in [6.07, 6.45) is -2.23. The molecule has 194 valence electrons. The van der Waals surface area contributed by atoms with E-state index in [4.69, 9.17) is 9.47 Å². The molecule has 3 heterocycles. The zero-order valence-electron chi connectivity index (χ0n) is 20.2. The fourth-order valence-electron chi connectivity index (χ4n) is 5.52. The lowest BCUT2D eigenvalue weighted by Crippen LogP contribution is -2.61. The van der Waals surface area contributed by atoms with Crippen LogP contribution in [0, 0.1) is 5.92 Å². The summed E-state index contributed by atoms with van der Waals surface area (Å²) in [5.41, 5.74) is 0.713. The lowest BCUT2D eigenvalue weighted by Gasteiger charge is -2.49. The lowest BCUT2D eigenvalue weighted by atomic mass is 9.82. The van der Waals surface area contributed by atoms with Crippen LogP contribution >= 0.6 is 0 Å². The smallest absolute Gasteiger partial charge is 0.416 e. The number of hydrogen-bond acceptors (Lipinski definition) is 5. The van der Waals surface area contributed by atoms with Crippen molar-refractivity contribution in [1.29, 1.82) is 0 Å². The van der Waals surface area contributed by atoms with Gasteiger partial charge in [0.15, 0.2) is 0 Å². The molecule has 2 saturated heterocycles. The van der Waals surface area contributed by atoms with Crippen molar-refractivity contribution >= 4 is 11.6 Å². The van der Waals surface area contributed by atoms with Crippen molar-refractivity contribution in [2.75, 3.05) is 50.8 Å². The molecule has 2 aromatic rings. The Morgan fingerprint density at radius 3 is 2.72 bits per heavy atom. The van der Waals surface area contributed by atoms with Crippen molar-refractivity contribution in [3.05, 3.63) is 59.7 Å². The number of piperazine rings is 1. The summed E-state index contributed by atoms with van der Waals surface area (Å²) in [4.78, 5) is 17.8. The molecule has 5 rings (SSSR count). The number of rotatable bonds is 7. The second-order valence-corrected chi connectivity index (χ2v) is 9.75. The van der Waals surface area contributed by atoms with Gasteiger partial charge in [0.2, 0.25) is 5.91 Å². The molecule has 1 N–H and O–H groups in total. The average Bonchev–Trinajstić information content (AvgIpc) is 3.40. The van der Waals surface area contributed by atoms with E-state index in [1.165, 1.54) is 6.07 Å². The number of nitrogens with one attached hydrogen (secondary N) is 1. The Balaban J connectivity index is 1.31. The van der Waals surface area contributed by atoms with E-state index in [1.54, 1.807) is 6.07 Å². The molecule has 3 aliphatic heterocycles. The van der Waals surface area contributed by atoms with Gasteiger partial charge in [-0.05, 0) is 55.2 Å². The van der Waals surface area contributed by atoms with Crippen molar-refractivity contribution in [2.24, 2.45) is 5.92 Å². The first-order valence-corrected chi connectivity index (χ1v) is 12.6. The molecule has 2 aromatic carbocycles. The minimum atomic E-state index is -4.42. The number of hydrogen-bond donors (Lipinski definition) is 1. The highest BCUT2D eigenvalue weighted by Gasteiger charge is 2.42. The van der Waals surface area contributed by atoms with Gasteiger partial charge in [0, 0.05) is 45.0 Å². The SMILES string of the molecule is O=C(NC[C@@H]1CCCO1)[C@@H]1Cc2cc(C(F)(F)F)ccc2N2CCN(CCOc3ccccc3)C[C@H]12. The zero-order chi connectivity index (χ0) is 25.1. The molecule has 0 unspecified atom stereocenters. The van der Waals surface area contributed by atoms with E-state index in [2.05, 4.69) is 15.1 Å². The largest absolute Gasteiger partial charge is 0.492 e. The second kappa shape index (κ2) is 10.7. The van der Waals surface area contributed by atoms with E-state index >= 15 is 0 Å². The van der Waals surface area contributed by atoms with E-state index in [1.807, 2.05) is 30.3 Å². The standard InChI is InChI=1S/C27H32F3N3O3/c28-27(29,30)20-8-9-24-19(15-20)16-23(26(34)31-17-22-7-4-13-35-22)25-18-32(10-11-33(24)25)12-14-36-21-5-2-1-3-6-21/h1-3,5-6,8-9,15,22-23,25H,4,7,10-14,16-18H2,(H,31,34)/t22-,23+,25+/m0/s1. The molecule has 3 atom stereocenters. The van der Waals surface area contributed by atoms with Crippen molar-refractivity contribution in [2.45, 2.75) is 37.6 Å². The van der Waals surface area contributed by atoms with Crippen LogP contribution in [-0.4, -0.2) is 68.9 Å². The van der Waals surface area contributed by atoms with Gasteiger partial charge in [-0.25, -0.2) is 0 Å². The van der Waals surface area contributed by atoms with E-state index in [9.17, 15) is 18.0 Å². The highest BCUT2D eigenvalue weighted by Crippen LogP contribution is 2.39. The maximum absolute atomic E-state index is 13.4. The Hall–Kier alpha value is -2.78. The topological polar surface area (TPSA) is 54.0 Å². The summed E-state index contributed by atoms with van der Waals surface area (Å²) in [6.45, 7) is 4.42. The number of carbonyl (C=O) groups is 1. The van der Waals surface area contributed by atoms with E-state index in [0.717, 1.165) is 36.9 Å². The maximum Gasteiger partial charge on any atom is 0.416 e. The fraction of sp³-hybridized carbons (Fsp3) is 0.519. The summed E-state index contributed by atoms with van der Waals surface area (Å²) in [5.74, 6) is 0.251. The van der Waals surface area contributed by atoms with Gasteiger partial charge in [-0.15, -0.1) is 0 Å². The lowest BCUT2D eigenvalue weighted by molar-refractivity contribution is -0.137. The van der Waals surface area contributed by atoms with Crippen LogP contribution < -0.4 is 15.0 Å². The van der Waals surface area contributed by atoms with Gasteiger partial charge >= 0.3 is 6.18 Å². The molecule has 3 aliphatic rings. The first-order chi connectivity index (χ1) is 17.4. The Morgan fingerprint density at radius 2 is 1.97 bits per heavy atom. The number of nitrogens with zero attached hydrogens (tertiary/aromatic N) is 2. The molecule has 0 aromatic heterocycles. The third kappa shape index (κ3) is 5.62. The quantitative estimate of drug-likeness (QED) is 0.624. The summed E-state index contributed by atoms with van der Waals surface area (Å²) in [7, 11) is 0. The molecular formula is C27H32F3N3O3. The van der Waals surface area contributed by atoms with Gasteiger partial charge in [-0.1, -0.05) is 18.2 Å². The number of halogens is 3. The number of alkyl halides is 3. The highest BCUT2D eigenvalue weighted by atomic mass is 19.4. The summed E-state index contributed by atoms with van der Waals surface area (Å²) in [6, 6.07) is 13.4. The summed E-state index contributed by atoms with van der Waals surface area (Å²) < 4.78 is 51.7. The second-order valence-electron chi connectivity index (χ2n) is 9.75. The third-order valence-electron chi connectivity index (χ3n) is 7.41. The predicted octanol–water partition coefficient (Wildman–Crippen LogP) is 3.74. The van der Waals surface area contributed by atoms with Crippen LogP contribution in [-0.2, 0) is 22.1 Å². The predicted molar refractivity (Wildman–Crippen MR) is 130 cm³/mol. The molecule has 36 heavy (non-hydrogen) atoms. The van der Waals surface area contributed by atoms with Crippen LogP contribution in [0.3, 0.4) is 0 Å². The molecule has 9 heteroatoms. The molecule has 0 bridgehead atoms. The number of amides is 1. The summed E-state index contributed by atoms with van der Waals surface area (Å²) in [5, 5.41) is 3.03. The van der Waals surface area contributed by atoms with Gasteiger partial charge < -0.3 is 19.7 Å². The van der Waals surface area contributed by atoms with Crippen LogP contribution in [0.15, 0.2) is 48.5 Å². The maximum atomic E-state index is 13.4. The van der Waals surface area contributed by atoms with Crippen LogP contribution in [0.4, 0.5) is 18.9 Å². The van der Waals surface area contributed by atoms with Gasteiger partial charge in [0.1, 0.15) is 12.4 Å². The monoisotopic (exact) mass is 503 g/mol. The van der Waals surface area contributed by atoms with Gasteiger partial charge in [-0.2, -0.15) is 13.2 Å². The molecule has 2 fully saturated rings. The molecule has 1 amide bonds. The molecule has 0 radical (unpaired) electrons. The van der Waals surface area contributed by atoms with Crippen LogP contribution in [0.1, 0.15) is 24.0 Å². The number of anilines is 1. The van der Waals surface area contributed by atoms with Crippen molar-refractivity contribution < 1.29 is 27.4 Å². The van der Waals surface area contributed by atoms with E-state index in [0.29, 0.717) is 45.0 Å². The van der Waals surface area contributed by atoms with Crippen molar-refractivity contribution in [1.82, 2.24) is 10.2 Å². The van der Waals surface area contributed by atoms with Crippen LogP contribution in [0.5, 0.6) is 5.75 Å². The molecule has 0 spiro atoms. The van der Waals surface area contributed by atoms with Crippen molar-refractivity contribution in [3.8, 4) is 5.75 Å². The van der Waals surface area contributed by atoms with E-state index < -0.39 is 17.7 Å². The van der Waals surface area contributed by atoms with Crippen LogP contribution in [0.25, 0.3) is 0 Å². The van der Waals surface area contributed by atoms with E-state index in [-0.39, 0.29) is 24.5 Å².